The topological polar surface area (TPSA) is 78.9 Å². The third-order valence-corrected chi connectivity index (χ3v) is 4.46. The van der Waals surface area contributed by atoms with Crippen molar-refractivity contribution in [1.82, 2.24) is 25.7 Å². The largest absolute Gasteiger partial charge is 0.380 e. The lowest BCUT2D eigenvalue weighted by atomic mass is 9.95. The maximum atomic E-state index is 14.3. The quantitative estimate of drug-likeness (QED) is 0.621. The molecule has 2 aromatic rings. The minimum Gasteiger partial charge on any atom is -0.380 e. The van der Waals surface area contributed by atoms with Crippen molar-refractivity contribution in [3.05, 3.63) is 41.2 Å². The van der Waals surface area contributed by atoms with E-state index in [0.717, 1.165) is 19.0 Å². The van der Waals surface area contributed by atoms with Gasteiger partial charge in [-0.2, -0.15) is 5.10 Å². The Bertz CT molecular complexity index is 835. The predicted molar refractivity (Wildman–Crippen MR) is 97.2 cm³/mol. The van der Waals surface area contributed by atoms with E-state index in [1.165, 1.54) is 19.3 Å². The van der Waals surface area contributed by atoms with Crippen molar-refractivity contribution >= 4 is 28.3 Å². The van der Waals surface area contributed by atoms with E-state index in [0.29, 0.717) is 28.5 Å². The Kier molecular flexibility index (Phi) is 5.43. The van der Waals surface area contributed by atoms with Crippen molar-refractivity contribution in [2.24, 2.45) is 4.99 Å². The normalized spacial score (nSPS) is 17.1. The monoisotopic (exact) mass is 362 g/mol. The van der Waals surface area contributed by atoms with Gasteiger partial charge in [0.25, 0.3) is 0 Å². The van der Waals surface area contributed by atoms with Gasteiger partial charge in [0, 0.05) is 6.04 Å². The number of rotatable bonds is 5. The molecule has 25 heavy (non-hydrogen) atoms. The molecule has 1 aliphatic rings. The third kappa shape index (κ3) is 4.22. The first-order chi connectivity index (χ1) is 12.0. The summed E-state index contributed by atoms with van der Waals surface area (Å²) in [7, 11) is 0. The first-order valence-corrected chi connectivity index (χ1v) is 8.66. The minimum absolute atomic E-state index is 0.259. The average Bonchev–Trinajstić information content (AvgIpc) is 3.03. The van der Waals surface area contributed by atoms with Crippen molar-refractivity contribution in [3.63, 3.8) is 0 Å². The average molecular weight is 363 g/mol. The zero-order valence-corrected chi connectivity index (χ0v) is 14.8. The molecular formula is C17H20ClFN6. The molecule has 2 heterocycles. The molecule has 0 amide bonds. The van der Waals surface area contributed by atoms with Crippen molar-refractivity contribution < 1.29 is 4.39 Å². The van der Waals surface area contributed by atoms with Crippen LogP contribution in [0.1, 0.15) is 44.7 Å². The Hall–Kier alpha value is -2.28. The summed E-state index contributed by atoms with van der Waals surface area (Å²) in [5.74, 6) is -0.484. The number of H-pyrrole nitrogens is 1. The summed E-state index contributed by atoms with van der Waals surface area (Å²) in [5, 5.41) is 18.6. The smallest absolute Gasteiger partial charge is 0.178 e. The van der Waals surface area contributed by atoms with Gasteiger partial charge < -0.3 is 5.32 Å². The van der Waals surface area contributed by atoms with E-state index in [2.05, 4.69) is 37.3 Å². The summed E-state index contributed by atoms with van der Waals surface area (Å²) in [6.07, 6.45) is 6.85. The molecule has 0 aliphatic heterocycles. The van der Waals surface area contributed by atoms with Crippen molar-refractivity contribution in [1.29, 1.82) is 0 Å². The molecule has 0 atom stereocenters. The van der Waals surface area contributed by atoms with Crippen molar-refractivity contribution in [2.75, 3.05) is 0 Å². The summed E-state index contributed by atoms with van der Waals surface area (Å²) in [5.41, 5.74) is 1.86. The number of aromatic nitrogens is 4. The lowest BCUT2D eigenvalue weighted by Gasteiger charge is -2.24. The lowest BCUT2D eigenvalue weighted by Crippen LogP contribution is -2.30. The number of allylic oxidation sites excluding steroid dienone is 1. The van der Waals surface area contributed by atoms with Crippen LogP contribution in [0, 0.1) is 0 Å². The Labute approximate surface area is 150 Å². The molecule has 1 aliphatic carbocycles. The lowest BCUT2D eigenvalue weighted by molar-refractivity contribution is 0.393. The van der Waals surface area contributed by atoms with Gasteiger partial charge in [0.05, 0.1) is 23.0 Å². The van der Waals surface area contributed by atoms with Crippen LogP contribution >= 0.6 is 11.6 Å². The van der Waals surface area contributed by atoms with Crippen LogP contribution in [0.4, 0.5) is 4.39 Å². The number of aliphatic imine (C=N–C) groups is 1. The van der Waals surface area contributed by atoms with Crippen LogP contribution < -0.4 is 5.32 Å². The predicted octanol–water partition coefficient (Wildman–Crippen LogP) is 4.06. The summed E-state index contributed by atoms with van der Waals surface area (Å²) < 4.78 is 14.3. The molecule has 8 heteroatoms. The summed E-state index contributed by atoms with van der Waals surface area (Å²) in [6, 6.07) is 1.94. The number of halogens is 2. The number of hydrogen-bond donors (Lipinski definition) is 2. The summed E-state index contributed by atoms with van der Waals surface area (Å²) in [6.45, 7) is 5.51. The van der Waals surface area contributed by atoms with Gasteiger partial charge in [-0.15, -0.1) is 10.2 Å². The number of nitrogens with zero attached hydrogens (tertiary/aromatic N) is 4. The Morgan fingerprint density at radius 2 is 2.16 bits per heavy atom. The molecule has 132 valence electrons. The highest BCUT2D eigenvalue weighted by molar-refractivity contribution is 6.30. The van der Waals surface area contributed by atoms with E-state index in [1.807, 2.05) is 0 Å². The van der Waals surface area contributed by atoms with E-state index in [-0.39, 0.29) is 10.9 Å². The molecule has 1 fully saturated rings. The van der Waals surface area contributed by atoms with Gasteiger partial charge in [-0.1, -0.05) is 37.4 Å². The van der Waals surface area contributed by atoms with Gasteiger partial charge in [0.15, 0.2) is 16.6 Å². The molecule has 0 saturated heterocycles. The Morgan fingerprint density at radius 1 is 1.40 bits per heavy atom. The molecule has 0 aromatic carbocycles. The van der Waals surface area contributed by atoms with Crippen LogP contribution in [0.5, 0.6) is 0 Å². The fraction of sp³-hybridized carbons (Fsp3) is 0.412. The maximum Gasteiger partial charge on any atom is 0.178 e. The van der Waals surface area contributed by atoms with Gasteiger partial charge in [-0.25, -0.2) is 4.39 Å². The van der Waals surface area contributed by atoms with Crippen LogP contribution in [0.2, 0.25) is 5.15 Å². The van der Waals surface area contributed by atoms with Gasteiger partial charge in [-0.3, -0.25) is 10.1 Å². The molecule has 0 spiro atoms. The zero-order valence-electron chi connectivity index (χ0n) is 14.0. The molecule has 6 nitrogen and oxygen atoms in total. The first kappa shape index (κ1) is 17.5. The third-order valence-electron chi connectivity index (χ3n) is 4.28. The van der Waals surface area contributed by atoms with Gasteiger partial charge in [0.2, 0.25) is 0 Å². The second kappa shape index (κ2) is 7.74. The van der Waals surface area contributed by atoms with E-state index >= 15 is 0 Å². The van der Waals surface area contributed by atoms with Crippen molar-refractivity contribution in [3.8, 4) is 0 Å². The molecule has 3 rings (SSSR count). The standard InChI is InChI=1S/C17H20ClFN6/c1-10(21-12-6-4-3-5-7-12)14(19)9-20-11(2)16-13-8-15(18)22-24-17(13)25-23-16/h8-9,12,21H,1,3-7H2,2H3,(H,23,24,25)/b14-9+,20-11?. The minimum atomic E-state index is -0.484. The highest BCUT2D eigenvalue weighted by atomic mass is 35.5. The molecular weight excluding hydrogens is 343 g/mol. The molecule has 0 unspecified atom stereocenters. The fourth-order valence-electron chi connectivity index (χ4n) is 2.93. The number of nitrogens with one attached hydrogen (secondary N) is 2. The molecule has 2 aromatic heterocycles. The molecule has 0 bridgehead atoms. The molecule has 0 radical (unpaired) electrons. The Balaban J connectivity index is 1.73. The van der Waals surface area contributed by atoms with Gasteiger partial charge in [-0.05, 0) is 25.8 Å². The molecule has 1 saturated carbocycles. The van der Waals surface area contributed by atoms with E-state index in [4.69, 9.17) is 11.6 Å². The van der Waals surface area contributed by atoms with Crippen LogP contribution in [0.25, 0.3) is 11.0 Å². The van der Waals surface area contributed by atoms with E-state index < -0.39 is 5.83 Å². The SMILES string of the molecule is C=C(NC1CCCCC1)/C(F)=C\N=C(C)c1n[nH]c2nnc(Cl)cc12. The highest BCUT2D eigenvalue weighted by Crippen LogP contribution is 2.20. The number of aromatic amines is 1. The van der Waals surface area contributed by atoms with E-state index in [1.54, 1.807) is 13.0 Å². The summed E-state index contributed by atoms with van der Waals surface area (Å²) in [4.78, 5) is 4.17. The van der Waals surface area contributed by atoms with Crippen LogP contribution in [-0.4, -0.2) is 32.1 Å². The zero-order chi connectivity index (χ0) is 17.8. The summed E-state index contributed by atoms with van der Waals surface area (Å²) >= 11 is 5.87. The fourth-order valence-corrected chi connectivity index (χ4v) is 3.08. The Morgan fingerprint density at radius 3 is 2.92 bits per heavy atom. The van der Waals surface area contributed by atoms with Gasteiger partial charge in [0.1, 0.15) is 5.69 Å². The second-order valence-electron chi connectivity index (χ2n) is 6.15. The van der Waals surface area contributed by atoms with Crippen LogP contribution in [0.3, 0.4) is 0 Å². The van der Waals surface area contributed by atoms with Crippen LogP contribution in [0.15, 0.2) is 35.4 Å². The number of fused-ring (bicyclic) bond motifs is 1. The first-order valence-electron chi connectivity index (χ1n) is 8.28. The highest BCUT2D eigenvalue weighted by Gasteiger charge is 2.15. The van der Waals surface area contributed by atoms with Crippen LogP contribution in [-0.2, 0) is 0 Å². The number of hydrogen-bond acceptors (Lipinski definition) is 5. The molecule has 2 N–H and O–H groups in total. The van der Waals surface area contributed by atoms with Gasteiger partial charge >= 0.3 is 0 Å². The van der Waals surface area contributed by atoms with E-state index in [9.17, 15) is 4.39 Å². The van der Waals surface area contributed by atoms with Crippen molar-refractivity contribution in [2.45, 2.75) is 45.1 Å². The second-order valence-corrected chi connectivity index (χ2v) is 6.54. The maximum absolute atomic E-state index is 14.3.